The SMILES string of the molecule is C=Cn1nccc1C(N)CCO. The minimum Gasteiger partial charge on any atom is -0.396 e. The molecule has 1 atom stereocenters. The molecule has 0 aromatic carbocycles. The highest BCUT2D eigenvalue weighted by Crippen LogP contribution is 2.12. The van der Waals surface area contributed by atoms with E-state index in [4.69, 9.17) is 10.8 Å². The Bertz CT molecular complexity index is 257. The molecule has 0 spiro atoms. The van der Waals surface area contributed by atoms with Gasteiger partial charge in [-0.1, -0.05) is 6.58 Å². The highest BCUT2D eigenvalue weighted by molar-refractivity contribution is 5.21. The van der Waals surface area contributed by atoms with Crippen LogP contribution < -0.4 is 5.73 Å². The second kappa shape index (κ2) is 4.04. The molecule has 0 bridgehead atoms. The standard InChI is InChI=1S/C8H13N3O/c1-2-11-8(3-5-10-11)7(9)4-6-12/h2-3,5,7,12H,1,4,6,9H2. The van der Waals surface area contributed by atoms with Gasteiger partial charge in [-0.15, -0.1) is 0 Å². The topological polar surface area (TPSA) is 64.1 Å². The number of rotatable bonds is 4. The van der Waals surface area contributed by atoms with Gasteiger partial charge in [0.25, 0.3) is 0 Å². The van der Waals surface area contributed by atoms with Gasteiger partial charge in [-0.25, -0.2) is 4.68 Å². The second-order valence-electron chi connectivity index (χ2n) is 2.50. The van der Waals surface area contributed by atoms with Gasteiger partial charge in [0.1, 0.15) is 0 Å². The lowest BCUT2D eigenvalue weighted by Gasteiger charge is -2.09. The smallest absolute Gasteiger partial charge is 0.0603 e. The van der Waals surface area contributed by atoms with Crippen LogP contribution in [-0.4, -0.2) is 21.5 Å². The fraction of sp³-hybridized carbons (Fsp3) is 0.375. The molecule has 3 N–H and O–H groups in total. The number of nitrogens with two attached hydrogens (primary N) is 1. The fourth-order valence-corrected chi connectivity index (χ4v) is 1.06. The normalized spacial score (nSPS) is 12.8. The van der Waals surface area contributed by atoms with Crippen LogP contribution in [-0.2, 0) is 0 Å². The van der Waals surface area contributed by atoms with Gasteiger partial charge in [0, 0.05) is 25.0 Å². The van der Waals surface area contributed by atoms with Gasteiger partial charge >= 0.3 is 0 Å². The van der Waals surface area contributed by atoms with Crippen LogP contribution in [0.5, 0.6) is 0 Å². The molecule has 0 saturated carbocycles. The van der Waals surface area contributed by atoms with E-state index < -0.39 is 0 Å². The second-order valence-corrected chi connectivity index (χ2v) is 2.50. The van der Waals surface area contributed by atoms with Gasteiger partial charge in [-0.3, -0.25) is 0 Å². The molecule has 4 heteroatoms. The highest BCUT2D eigenvalue weighted by Gasteiger charge is 2.08. The van der Waals surface area contributed by atoms with Gasteiger partial charge in [0.15, 0.2) is 0 Å². The van der Waals surface area contributed by atoms with Gasteiger partial charge in [0.05, 0.1) is 5.69 Å². The third-order valence-electron chi connectivity index (χ3n) is 1.69. The van der Waals surface area contributed by atoms with E-state index in [0.717, 1.165) is 5.69 Å². The number of aliphatic hydroxyl groups excluding tert-OH is 1. The van der Waals surface area contributed by atoms with Crippen LogP contribution in [0.3, 0.4) is 0 Å². The Balaban J connectivity index is 2.78. The molecule has 1 unspecified atom stereocenters. The maximum Gasteiger partial charge on any atom is 0.0603 e. The highest BCUT2D eigenvalue weighted by atomic mass is 16.3. The Hall–Kier alpha value is -1.13. The van der Waals surface area contributed by atoms with Crippen LogP contribution in [0.1, 0.15) is 18.2 Å². The van der Waals surface area contributed by atoms with Crippen molar-refractivity contribution in [2.75, 3.05) is 6.61 Å². The molecule has 4 nitrogen and oxygen atoms in total. The van der Waals surface area contributed by atoms with E-state index in [1.165, 1.54) is 0 Å². The summed E-state index contributed by atoms with van der Waals surface area (Å²) in [5.41, 5.74) is 6.63. The van der Waals surface area contributed by atoms with Gasteiger partial charge in [-0.2, -0.15) is 5.10 Å². The molecular formula is C8H13N3O. The predicted octanol–water partition coefficient (Wildman–Crippen LogP) is 0.366. The first-order valence-electron chi connectivity index (χ1n) is 3.82. The zero-order valence-corrected chi connectivity index (χ0v) is 6.85. The Morgan fingerprint density at radius 1 is 1.83 bits per heavy atom. The van der Waals surface area contributed by atoms with Crippen molar-refractivity contribution in [3.8, 4) is 0 Å². The van der Waals surface area contributed by atoms with E-state index in [2.05, 4.69) is 11.7 Å². The van der Waals surface area contributed by atoms with Crippen molar-refractivity contribution in [1.29, 1.82) is 0 Å². The summed E-state index contributed by atoms with van der Waals surface area (Å²) in [6.45, 7) is 3.68. The average Bonchev–Trinajstić information content (AvgIpc) is 2.51. The van der Waals surface area contributed by atoms with E-state index in [-0.39, 0.29) is 12.6 Å². The van der Waals surface area contributed by atoms with Gasteiger partial charge in [-0.05, 0) is 12.5 Å². The molecule has 0 radical (unpaired) electrons. The molecule has 0 amide bonds. The van der Waals surface area contributed by atoms with Gasteiger partial charge < -0.3 is 10.8 Å². The van der Waals surface area contributed by atoms with Crippen LogP contribution in [0.15, 0.2) is 18.8 Å². The number of hydrogen-bond donors (Lipinski definition) is 2. The maximum atomic E-state index is 8.66. The lowest BCUT2D eigenvalue weighted by Crippen LogP contribution is -2.15. The van der Waals surface area contributed by atoms with E-state index in [9.17, 15) is 0 Å². The van der Waals surface area contributed by atoms with E-state index >= 15 is 0 Å². The monoisotopic (exact) mass is 167 g/mol. The first-order chi connectivity index (χ1) is 5.79. The van der Waals surface area contributed by atoms with Crippen molar-refractivity contribution in [2.24, 2.45) is 5.73 Å². The van der Waals surface area contributed by atoms with Crippen LogP contribution in [0.25, 0.3) is 6.20 Å². The van der Waals surface area contributed by atoms with Crippen LogP contribution in [0.4, 0.5) is 0 Å². The van der Waals surface area contributed by atoms with E-state index in [0.29, 0.717) is 6.42 Å². The van der Waals surface area contributed by atoms with Crippen molar-refractivity contribution < 1.29 is 5.11 Å². The summed E-state index contributed by atoms with van der Waals surface area (Å²) in [6.07, 6.45) is 3.79. The summed E-state index contributed by atoms with van der Waals surface area (Å²) >= 11 is 0. The van der Waals surface area contributed by atoms with Crippen molar-refractivity contribution in [1.82, 2.24) is 9.78 Å². The number of aromatic nitrogens is 2. The van der Waals surface area contributed by atoms with E-state index in [1.54, 1.807) is 17.1 Å². The summed E-state index contributed by atoms with van der Waals surface area (Å²) in [5, 5.41) is 12.6. The molecule has 0 fully saturated rings. The minimum atomic E-state index is -0.171. The minimum absolute atomic E-state index is 0.0868. The number of nitrogens with zero attached hydrogens (tertiary/aromatic N) is 2. The molecular weight excluding hydrogens is 154 g/mol. The maximum absolute atomic E-state index is 8.66. The quantitative estimate of drug-likeness (QED) is 0.680. The first-order valence-corrected chi connectivity index (χ1v) is 3.82. The van der Waals surface area contributed by atoms with Crippen molar-refractivity contribution >= 4 is 6.20 Å². The molecule has 0 aliphatic carbocycles. The summed E-state index contributed by atoms with van der Waals surface area (Å²) in [7, 11) is 0. The van der Waals surface area contributed by atoms with Crippen LogP contribution >= 0.6 is 0 Å². The molecule has 0 saturated heterocycles. The molecule has 1 aromatic heterocycles. The average molecular weight is 167 g/mol. The van der Waals surface area contributed by atoms with E-state index in [1.807, 2.05) is 6.07 Å². The lowest BCUT2D eigenvalue weighted by atomic mass is 10.1. The van der Waals surface area contributed by atoms with Crippen LogP contribution in [0.2, 0.25) is 0 Å². The summed E-state index contributed by atoms with van der Waals surface area (Å²) in [6, 6.07) is 1.65. The lowest BCUT2D eigenvalue weighted by molar-refractivity contribution is 0.275. The third-order valence-corrected chi connectivity index (χ3v) is 1.69. The largest absolute Gasteiger partial charge is 0.396 e. The molecule has 0 aliphatic heterocycles. The summed E-state index contributed by atoms with van der Waals surface area (Å²) in [4.78, 5) is 0. The summed E-state index contributed by atoms with van der Waals surface area (Å²) < 4.78 is 1.61. The number of hydrogen-bond acceptors (Lipinski definition) is 3. The zero-order valence-electron chi connectivity index (χ0n) is 6.85. The van der Waals surface area contributed by atoms with Crippen molar-refractivity contribution in [2.45, 2.75) is 12.5 Å². The zero-order chi connectivity index (χ0) is 8.97. The predicted molar refractivity (Wildman–Crippen MR) is 47.2 cm³/mol. The fourth-order valence-electron chi connectivity index (χ4n) is 1.06. The first kappa shape index (κ1) is 8.96. The molecule has 1 aromatic rings. The molecule has 1 rings (SSSR count). The van der Waals surface area contributed by atoms with Crippen LogP contribution in [0, 0.1) is 0 Å². The third kappa shape index (κ3) is 1.72. The number of aliphatic hydroxyl groups is 1. The Kier molecular flexibility index (Phi) is 3.01. The van der Waals surface area contributed by atoms with Crippen molar-refractivity contribution in [3.63, 3.8) is 0 Å². The Labute approximate surface area is 71.3 Å². The Morgan fingerprint density at radius 2 is 2.58 bits per heavy atom. The molecule has 12 heavy (non-hydrogen) atoms. The Morgan fingerprint density at radius 3 is 3.17 bits per heavy atom. The van der Waals surface area contributed by atoms with Gasteiger partial charge in [0.2, 0.25) is 0 Å². The molecule has 1 heterocycles. The molecule has 66 valence electrons. The molecule has 0 aliphatic rings. The van der Waals surface area contributed by atoms with Crippen molar-refractivity contribution in [3.05, 3.63) is 24.5 Å². The summed E-state index contributed by atoms with van der Waals surface area (Å²) in [5.74, 6) is 0.